The molecule has 0 N–H and O–H groups in total. The van der Waals surface area contributed by atoms with Crippen LogP contribution >= 0.6 is 11.6 Å². The van der Waals surface area contributed by atoms with Crippen LogP contribution in [0.1, 0.15) is 12.8 Å². The van der Waals surface area contributed by atoms with Gasteiger partial charge in [-0.3, -0.25) is 4.79 Å². The van der Waals surface area contributed by atoms with Crippen LogP contribution in [0.3, 0.4) is 0 Å². The van der Waals surface area contributed by atoms with Gasteiger partial charge in [0.15, 0.2) is 5.78 Å². The van der Waals surface area contributed by atoms with Crippen LogP contribution in [0, 0.1) is 0 Å². The molecule has 10 heavy (non-hydrogen) atoms. The number of carbonyl (C=O) groups is 1. The molecule has 2 rings (SSSR count). The van der Waals surface area contributed by atoms with Crippen molar-refractivity contribution in [2.75, 3.05) is 0 Å². The Balaban J connectivity index is 2.27. The topological polar surface area (TPSA) is 26.3 Å². The second-order valence-corrected chi connectivity index (χ2v) is 3.04. The third-order valence-corrected chi connectivity index (χ3v) is 2.27. The van der Waals surface area contributed by atoms with Gasteiger partial charge in [0.2, 0.25) is 0 Å². The van der Waals surface area contributed by atoms with E-state index in [4.69, 9.17) is 16.3 Å². The molecule has 0 aromatic carbocycles. The molecule has 0 aromatic heterocycles. The number of halogens is 1. The van der Waals surface area contributed by atoms with Crippen molar-refractivity contribution in [1.29, 1.82) is 0 Å². The highest BCUT2D eigenvalue weighted by Gasteiger charge is 2.35. The number of rotatable bonds is 0. The lowest BCUT2D eigenvalue weighted by Crippen LogP contribution is -2.28. The Hall–Kier alpha value is -0.340. The molecule has 2 heterocycles. The molecule has 0 saturated carbocycles. The Labute approximate surface area is 63.8 Å². The molecule has 2 bridgehead atoms. The molecule has 2 nitrogen and oxygen atoms in total. The maximum Gasteiger partial charge on any atom is 0.165 e. The van der Waals surface area contributed by atoms with Crippen LogP contribution in [0.2, 0.25) is 0 Å². The molecule has 2 aliphatic heterocycles. The quantitative estimate of drug-likeness (QED) is 0.530. The van der Waals surface area contributed by atoms with Crippen LogP contribution in [0.25, 0.3) is 0 Å². The van der Waals surface area contributed by atoms with Crippen LogP contribution in [0.5, 0.6) is 0 Å². The minimum atomic E-state index is -0.328. The Bertz CT molecular complexity index is 210. The monoisotopic (exact) mass is 158 g/mol. The highest BCUT2D eigenvalue weighted by Crippen LogP contribution is 2.31. The number of Topliss-reactive ketones (excluding diaryl/α,β-unsaturated/α-hetero) is 1. The summed E-state index contributed by atoms with van der Waals surface area (Å²) in [6.45, 7) is 0. The van der Waals surface area contributed by atoms with Gasteiger partial charge in [-0.15, -0.1) is 0 Å². The Morgan fingerprint density at radius 2 is 2.50 bits per heavy atom. The fourth-order valence-electron chi connectivity index (χ4n) is 1.32. The van der Waals surface area contributed by atoms with Gasteiger partial charge < -0.3 is 4.74 Å². The average Bonchev–Trinajstić information content (AvgIpc) is 2.21. The summed E-state index contributed by atoms with van der Waals surface area (Å²) < 4.78 is 5.25. The Morgan fingerprint density at radius 3 is 3.20 bits per heavy atom. The summed E-state index contributed by atoms with van der Waals surface area (Å²) in [6.07, 6.45) is 2.77. The number of carbonyl (C=O) groups excluding carboxylic acids is 1. The van der Waals surface area contributed by atoms with E-state index in [1.807, 2.05) is 0 Å². The highest BCUT2D eigenvalue weighted by atomic mass is 35.5. The Morgan fingerprint density at radius 1 is 1.70 bits per heavy atom. The van der Waals surface area contributed by atoms with Gasteiger partial charge in [-0.05, 0) is 12.5 Å². The van der Waals surface area contributed by atoms with Gasteiger partial charge in [-0.1, -0.05) is 11.6 Å². The number of ether oxygens (including phenoxy) is 1. The zero-order valence-corrected chi connectivity index (χ0v) is 6.10. The van der Waals surface area contributed by atoms with E-state index in [0.29, 0.717) is 11.5 Å². The van der Waals surface area contributed by atoms with E-state index in [1.54, 1.807) is 6.08 Å². The number of hydrogen-bond acceptors (Lipinski definition) is 2. The van der Waals surface area contributed by atoms with Crippen molar-refractivity contribution < 1.29 is 9.53 Å². The molecule has 1 fully saturated rings. The van der Waals surface area contributed by atoms with E-state index < -0.39 is 0 Å². The lowest BCUT2D eigenvalue weighted by atomic mass is 10.1. The highest BCUT2D eigenvalue weighted by molar-refractivity contribution is 6.30. The third-order valence-electron chi connectivity index (χ3n) is 1.90. The van der Waals surface area contributed by atoms with Crippen LogP contribution < -0.4 is 0 Å². The van der Waals surface area contributed by atoms with Gasteiger partial charge >= 0.3 is 0 Å². The lowest BCUT2D eigenvalue weighted by Gasteiger charge is -2.18. The first-order chi connectivity index (χ1) is 4.77. The molecule has 0 spiro atoms. The summed E-state index contributed by atoms with van der Waals surface area (Å²) in [4.78, 5) is 11.0. The van der Waals surface area contributed by atoms with Gasteiger partial charge in [0.1, 0.15) is 6.10 Å². The van der Waals surface area contributed by atoms with Crippen molar-refractivity contribution in [2.45, 2.75) is 25.0 Å². The fourth-order valence-corrected chi connectivity index (χ4v) is 1.60. The van der Waals surface area contributed by atoms with Gasteiger partial charge in [-0.25, -0.2) is 0 Å². The Kier molecular flexibility index (Phi) is 1.32. The smallest absolute Gasteiger partial charge is 0.165 e. The molecule has 1 saturated heterocycles. The van der Waals surface area contributed by atoms with E-state index in [9.17, 15) is 4.79 Å². The third kappa shape index (κ3) is 0.796. The summed E-state index contributed by atoms with van der Waals surface area (Å²) in [7, 11) is 0. The zero-order valence-electron chi connectivity index (χ0n) is 5.34. The average molecular weight is 159 g/mol. The first kappa shape index (κ1) is 6.38. The second-order valence-electron chi connectivity index (χ2n) is 2.60. The number of fused-ring (bicyclic) bond motifs is 2. The number of ketones is 1. The van der Waals surface area contributed by atoms with Crippen LogP contribution in [-0.4, -0.2) is 18.0 Å². The van der Waals surface area contributed by atoms with Crippen molar-refractivity contribution in [1.82, 2.24) is 0 Å². The van der Waals surface area contributed by atoms with Gasteiger partial charge in [-0.2, -0.15) is 0 Å². The fraction of sp³-hybridized carbons (Fsp3) is 0.571. The molecule has 2 atom stereocenters. The minimum Gasteiger partial charge on any atom is -0.357 e. The molecule has 0 radical (unpaired) electrons. The standard InChI is InChI=1S/C7H7ClO2/c8-4-3-7-5(9)1-2-6(4)10-7/h3,6-7H,1-2H2. The van der Waals surface area contributed by atoms with Crippen LogP contribution in [0.15, 0.2) is 11.1 Å². The molecular weight excluding hydrogens is 152 g/mol. The first-order valence-corrected chi connectivity index (χ1v) is 3.70. The van der Waals surface area contributed by atoms with Gasteiger partial charge in [0, 0.05) is 11.5 Å². The molecule has 3 heteroatoms. The predicted octanol–water partition coefficient (Wildman–Crippen LogP) is 1.24. The van der Waals surface area contributed by atoms with Crippen molar-refractivity contribution in [3.63, 3.8) is 0 Å². The van der Waals surface area contributed by atoms with Crippen molar-refractivity contribution in [3.05, 3.63) is 11.1 Å². The maximum absolute atomic E-state index is 11.0. The predicted molar refractivity (Wildman–Crippen MR) is 36.8 cm³/mol. The molecule has 0 aliphatic carbocycles. The van der Waals surface area contributed by atoms with Gasteiger partial charge in [0.25, 0.3) is 0 Å². The van der Waals surface area contributed by atoms with E-state index in [0.717, 1.165) is 6.42 Å². The van der Waals surface area contributed by atoms with E-state index in [-0.39, 0.29) is 18.0 Å². The maximum atomic E-state index is 11.0. The molecule has 0 amide bonds. The normalized spacial score (nSPS) is 38.1. The number of hydrogen-bond donors (Lipinski definition) is 0. The summed E-state index contributed by atoms with van der Waals surface area (Å²) in [5.41, 5.74) is 0. The van der Waals surface area contributed by atoms with E-state index >= 15 is 0 Å². The molecule has 2 aliphatic rings. The molecule has 54 valence electrons. The largest absolute Gasteiger partial charge is 0.357 e. The molecule has 0 aromatic rings. The SMILES string of the molecule is O=C1CCC2OC1C=C2Cl. The van der Waals surface area contributed by atoms with Crippen molar-refractivity contribution >= 4 is 17.4 Å². The second kappa shape index (κ2) is 2.07. The zero-order chi connectivity index (χ0) is 7.14. The van der Waals surface area contributed by atoms with E-state index in [2.05, 4.69) is 0 Å². The summed E-state index contributed by atoms with van der Waals surface area (Å²) in [5.74, 6) is 0.159. The summed E-state index contributed by atoms with van der Waals surface area (Å²) in [6, 6.07) is 0. The first-order valence-electron chi connectivity index (χ1n) is 3.33. The summed E-state index contributed by atoms with van der Waals surface area (Å²) >= 11 is 5.76. The molecular formula is C7H7ClO2. The lowest BCUT2D eigenvalue weighted by molar-refractivity contribution is -0.133. The van der Waals surface area contributed by atoms with Gasteiger partial charge in [0.05, 0.1) is 6.10 Å². The molecule has 2 unspecified atom stereocenters. The van der Waals surface area contributed by atoms with Crippen molar-refractivity contribution in [3.8, 4) is 0 Å². The minimum absolute atomic E-state index is 0.0179. The van der Waals surface area contributed by atoms with Crippen LogP contribution in [0.4, 0.5) is 0 Å². The van der Waals surface area contributed by atoms with E-state index in [1.165, 1.54) is 0 Å². The van der Waals surface area contributed by atoms with Crippen molar-refractivity contribution in [2.24, 2.45) is 0 Å². The van der Waals surface area contributed by atoms with Crippen LogP contribution in [-0.2, 0) is 9.53 Å². The summed E-state index contributed by atoms with van der Waals surface area (Å²) in [5, 5.41) is 0.704.